The van der Waals surface area contributed by atoms with Crippen LogP contribution < -0.4 is 0 Å². The first kappa shape index (κ1) is 117. The molecule has 0 N–H and O–H groups in total. The van der Waals surface area contributed by atoms with Gasteiger partial charge < -0.3 is 0 Å². The van der Waals surface area contributed by atoms with Gasteiger partial charge in [0, 0.05) is 175 Å². The summed E-state index contributed by atoms with van der Waals surface area (Å²) in [5.41, 5.74) is 2.87. The molecule has 24 amide bonds. The third-order valence-corrected chi connectivity index (χ3v) is 27.8. The second kappa shape index (κ2) is 55.3. The van der Waals surface area contributed by atoms with Crippen molar-refractivity contribution in [3.63, 3.8) is 0 Å². The van der Waals surface area contributed by atoms with Crippen molar-refractivity contribution in [1.82, 2.24) is 58.8 Å². The molecule has 2 aromatic rings. The molecule has 0 radical (unpaired) electrons. The lowest BCUT2D eigenvalue weighted by atomic mass is 9.80. The van der Waals surface area contributed by atoms with Gasteiger partial charge in [-0.3, -0.25) is 174 Å². The minimum absolute atomic E-state index is 0.0453. The maximum atomic E-state index is 12.7. The van der Waals surface area contributed by atoms with Crippen molar-refractivity contribution in [3.05, 3.63) is 217 Å². The maximum Gasteiger partial charge on any atom is 0.253 e. The van der Waals surface area contributed by atoms with Crippen molar-refractivity contribution < 1.29 is 115 Å². The quantitative estimate of drug-likeness (QED) is 0.0337. The summed E-state index contributed by atoms with van der Waals surface area (Å²) in [5.74, 6) is -6.38. The highest BCUT2D eigenvalue weighted by Gasteiger charge is 2.48. The van der Waals surface area contributed by atoms with Gasteiger partial charge in [0.1, 0.15) is 0 Å². The maximum absolute atomic E-state index is 12.7. The molecule has 36 nitrogen and oxygen atoms in total. The average molecular weight is 2060 g/mol. The van der Waals surface area contributed by atoms with Crippen molar-refractivity contribution in [2.75, 3.05) is 52.4 Å². The Morgan fingerprint density at radius 2 is 0.533 bits per heavy atom. The lowest BCUT2D eigenvalue weighted by molar-refractivity contribution is -0.141. The summed E-state index contributed by atoms with van der Waals surface area (Å²) in [4.78, 5) is 298. The van der Waals surface area contributed by atoms with Gasteiger partial charge in [-0.2, -0.15) is 0 Å². The van der Waals surface area contributed by atoms with Gasteiger partial charge in [0.25, 0.3) is 106 Å². The second-order valence-electron chi connectivity index (χ2n) is 41.5. The van der Waals surface area contributed by atoms with E-state index in [0.717, 1.165) is 88.3 Å². The fraction of sp³-hybridized carbons (Fsp3) is 0.474. The molecule has 2 aromatic carbocycles. The fourth-order valence-corrected chi connectivity index (χ4v) is 19.7. The van der Waals surface area contributed by atoms with Crippen LogP contribution in [0.5, 0.6) is 0 Å². The number of benzene rings is 2. The predicted octanol–water partition coefficient (Wildman–Crippen LogP) is 11.1. The summed E-state index contributed by atoms with van der Waals surface area (Å²) < 4.78 is 0. The molecule has 798 valence electrons. The van der Waals surface area contributed by atoms with E-state index < -0.39 is 0 Å². The number of hydrogen-bond donors (Lipinski definition) is 0. The van der Waals surface area contributed by atoms with Crippen LogP contribution in [-0.4, -0.2) is 253 Å². The molecule has 8 atom stereocenters. The zero-order valence-corrected chi connectivity index (χ0v) is 87.3. The molecule has 3 fully saturated rings. The summed E-state index contributed by atoms with van der Waals surface area (Å²) in [6.07, 6.45) is 53.6. The molecule has 0 spiro atoms. The van der Waals surface area contributed by atoms with Gasteiger partial charge in [0.2, 0.25) is 35.4 Å². The highest BCUT2D eigenvalue weighted by molar-refractivity contribution is 6.18. The number of carbonyl (C=O) groups excluding carboxylic acids is 24. The summed E-state index contributed by atoms with van der Waals surface area (Å²) in [6, 6.07) is 14.4. The molecular formula is C114H138N12O24. The molecule has 36 heteroatoms. The fourth-order valence-electron chi connectivity index (χ4n) is 19.7. The standard InChI is InChI=1S/C25H38N2O4.C24H28N2O4.C18H22N2O4.C17H22N2O4.C16H12N2O4.C14H16N2O4/c1-5-6-7-8-9-10-11-20-16-23(30)26(24(20)31)15-14-25(3,4)17-19(2)18-27-21(28)12-13-22(27)29;1-2-3-4-5-6-7-11-20-15-23(29)26(24(20)30)17-19-10-8-9-18(14-19)16-25-21(27)12-13-22(25)28;1-12(11-20-15(21)8-9-16(20)22)5-4-10-19-17(23)13-6-2-3-7-14(13)18(19)24;1-12(11-19-15(22)6-7-16(19)23)10-17(2,3)8-9-18-13(20)4-5-14(18)21;19-13-4-5-14(20)17(13)9-11-2-1-3-12(8-11)10-18-15(21)6-7-16(18)22;1-10(9-16-13(19)6-7-14(16)20)3-2-8-15-11(17)4-5-12(15)18/h10-13,19-20H,5-9,14-18H2,1-4H3;7-14,20H,2-6,15-17H2,1H3;2-3,8-9,12-14H,4-7,10-11H2,1H3;4-7,12H,8-11H2,1-3H3;1-8H,9-10H2;4-7,10H,2-3,8-9H2,1H3/b11-10+;11-7+;;;;. The van der Waals surface area contributed by atoms with Crippen molar-refractivity contribution in [2.24, 2.45) is 58.2 Å². The van der Waals surface area contributed by atoms with E-state index in [2.05, 4.69) is 47.6 Å². The van der Waals surface area contributed by atoms with Gasteiger partial charge in [0.05, 0.1) is 49.9 Å². The predicted molar refractivity (Wildman–Crippen MR) is 550 cm³/mol. The Kier molecular flexibility index (Phi) is 43.1. The topological polar surface area (TPSA) is 449 Å². The van der Waals surface area contributed by atoms with Crippen LogP contribution in [0.25, 0.3) is 0 Å². The number of unbranched alkanes of at least 4 members (excludes halogenated alkanes) is 8. The first-order valence-corrected chi connectivity index (χ1v) is 51.8. The first-order valence-electron chi connectivity index (χ1n) is 51.8. The van der Waals surface area contributed by atoms with Gasteiger partial charge in [-0.05, 0) is 147 Å². The Balaban J connectivity index is 0.000000185. The van der Waals surface area contributed by atoms with Crippen molar-refractivity contribution in [1.29, 1.82) is 0 Å². The number of carbonyl (C=O) groups is 24. The molecule has 0 aromatic heterocycles. The normalized spacial score (nSPS) is 20.6. The average Bonchev–Trinajstić information content (AvgIpc) is 1.64. The van der Waals surface area contributed by atoms with Crippen LogP contribution in [0.2, 0.25) is 0 Å². The summed E-state index contributed by atoms with van der Waals surface area (Å²) in [5, 5.41) is 0. The molecule has 0 saturated carbocycles. The molecule has 1 aliphatic carbocycles. The molecule has 0 bridgehead atoms. The van der Waals surface area contributed by atoms with Crippen LogP contribution in [0.3, 0.4) is 0 Å². The van der Waals surface area contributed by atoms with Crippen LogP contribution in [0.1, 0.15) is 233 Å². The Hall–Kier alpha value is -15.0. The van der Waals surface area contributed by atoms with E-state index >= 15 is 0 Å². The van der Waals surface area contributed by atoms with Gasteiger partial charge in [0.15, 0.2) is 0 Å². The van der Waals surface area contributed by atoms with Gasteiger partial charge >= 0.3 is 0 Å². The lowest BCUT2D eigenvalue weighted by Gasteiger charge is -2.31. The van der Waals surface area contributed by atoms with Crippen LogP contribution in [0, 0.1) is 58.2 Å². The van der Waals surface area contributed by atoms with Crippen molar-refractivity contribution in [2.45, 2.75) is 237 Å². The Morgan fingerprint density at radius 1 is 0.280 bits per heavy atom. The number of hydrogen-bond acceptors (Lipinski definition) is 24. The van der Waals surface area contributed by atoms with Crippen molar-refractivity contribution >= 4 is 142 Å². The third kappa shape index (κ3) is 33.5. The minimum atomic E-state index is -0.377. The highest BCUT2D eigenvalue weighted by atomic mass is 16.2. The Labute approximate surface area is 874 Å². The monoisotopic (exact) mass is 2060 g/mol. The van der Waals surface area contributed by atoms with Crippen LogP contribution in [-0.2, 0) is 141 Å². The molecular weight excluding hydrogens is 1920 g/mol. The minimum Gasteiger partial charge on any atom is -0.282 e. The summed E-state index contributed by atoms with van der Waals surface area (Å²) >= 11 is 0. The Bertz CT molecular complexity index is 5710. The first-order chi connectivity index (χ1) is 71.3. The number of allylic oxidation sites excluding steroid dienone is 4. The van der Waals surface area contributed by atoms with Gasteiger partial charge in [-0.25, -0.2) is 0 Å². The van der Waals surface area contributed by atoms with Gasteiger partial charge in [-0.15, -0.1) is 0 Å². The SMILES string of the molecule is CC(CCCN1C(=O)C2CC=CCC2C1=O)CN1C(=O)C=CC1=O.CC(CCCN1C(=O)C=CC1=O)CN1C(=O)C=CC1=O.CC(CN1C(=O)C=CC1=O)CC(C)(C)CCN1C(=O)C=CC1=O.CCCCCC/C=C/C1CC(=O)N(CCC(C)(C)CC(C)CN2C(=O)C=CC2=O)C1=O.CCCCCC/C=C/C1CC(=O)N(Cc2cccc(CN3C(=O)C=CC3=O)c2)C1=O.O=C1C=CC(=O)N1Cc1cccc(CN2C(=O)C=CC2=O)c1. The smallest absolute Gasteiger partial charge is 0.253 e. The van der Waals surface area contributed by atoms with E-state index in [-0.39, 0.29) is 239 Å². The van der Waals surface area contributed by atoms with E-state index in [0.29, 0.717) is 90.9 Å². The number of nitrogens with zero attached hydrogens (tertiary/aromatic N) is 12. The number of likely N-dealkylation sites (tertiary alicyclic amines) is 3. The molecule has 8 unspecified atom stereocenters. The van der Waals surface area contributed by atoms with Gasteiger partial charge in [-0.1, -0.05) is 193 Å². The highest BCUT2D eigenvalue weighted by Crippen LogP contribution is 2.38. The molecule has 12 aliphatic heterocycles. The number of amides is 24. The van der Waals surface area contributed by atoms with E-state index in [1.807, 2.05) is 82.3 Å². The number of rotatable bonds is 46. The summed E-state index contributed by atoms with van der Waals surface area (Å²) in [6.45, 7) is 24.4. The molecule has 15 rings (SSSR count). The van der Waals surface area contributed by atoms with E-state index in [1.54, 1.807) is 24.3 Å². The molecule has 13 aliphatic rings. The molecule has 150 heavy (non-hydrogen) atoms. The van der Waals surface area contributed by atoms with Crippen LogP contribution in [0.15, 0.2) is 194 Å². The molecule has 12 heterocycles. The lowest BCUT2D eigenvalue weighted by Crippen LogP contribution is -2.37. The number of fused-ring (bicyclic) bond motifs is 1. The van der Waals surface area contributed by atoms with Crippen LogP contribution in [0.4, 0.5) is 0 Å². The van der Waals surface area contributed by atoms with Crippen molar-refractivity contribution in [3.8, 4) is 0 Å². The van der Waals surface area contributed by atoms with E-state index in [9.17, 15) is 115 Å². The van der Waals surface area contributed by atoms with Crippen LogP contribution >= 0.6 is 0 Å². The third-order valence-electron chi connectivity index (χ3n) is 27.8. The Morgan fingerprint density at radius 3 is 0.840 bits per heavy atom. The zero-order valence-electron chi connectivity index (χ0n) is 87.3. The largest absolute Gasteiger partial charge is 0.282 e. The van der Waals surface area contributed by atoms with E-state index in [4.69, 9.17) is 0 Å². The van der Waals surface area contributed by atoms with E-state index in [1.165, 1.54) is 192 Å². The number of imide groups is 12. The zero-order chi connectivity index (χ0) is 109. The molecule has 3 saturated heterocycles. The second-order valence-corrected chi connectivity index (χ2v) is 41.5. The summed E-state index contributed by atoms with van der Waals surface area (Å²) in [7, 11) is 0.